The van der Waals surface area contributed by atoms with Gasteiger partial charge in [-0.2, -0.15) is 0 Å². The zero-order valence-electron chi connectivity index (χ0n) is 30.1. The Morgan fingerprint density at radius 1 is 0.714 bits per heavy atom. The molecule has 0 aliphatic carbocycles. The molecule has 296 valence electrons. The molecular formula is C42H42Br2F3N3O6. The van der Waals surface area contributed by atoms with E-state index in [0.29, 0.717) is 37.4 Å². The van der Waals surface area contributed by atoms with Crippen molar-refractivity contribution in [3.63, 3.8) is 0 Å². The number of nitrogens with two attached hydrogens (primary N) is 1. The maximum absolute atomic E-state index is 13.1. The number of benzene rings is 5. The van der Waals surface area contributed by atoms with Crippen LogP contribution >= 0.6 is 31.9 Å². The molecule has 1 aliphatic heterocycles. The number of nitrogens with zero attached hydrogens (tertiary/aromatic N) is 1. The van der Waals surface area contributed by atoms with Gasteiger partial charge in [0.2, 0.25) is 0 Å². The summed E-state index contributed by atoms with van der Waals surface area (Å²) in [5.41, 5.74) is 9.09. The third kappa shape index (κ3) is 15.7. The van der Waals surface area contributed by atoms with E-state index in [2.05, 4.69) is 42.1 Å². The van der Waals surface area contributed by atoms with Gasteiger partial charge < -0.3 is 20.7 Å². The first-order chi connectivity index (χ1) is 26.9. The normalized spacial score (nSPS) is 14.5. The SMILES string of the molecule is BrCCBr.N[C@H](C(=O)O)c1ccc(F)cc1.O=C(O)[C@@H](NCc1ccccc1)c1ccc(F)cc1.O=C1OCCN(Cc2ccccc2)[C@H]1c1ccc(F)cc1. The number of carboxylic acid groups (broad SMARTS) is 2. The Labute approximate surface area is 340 Å². The van der Waals surface area contributed by atoms with Crippen molar-refractivity contribution in [2.45, 2.75) is 31.2 Å². The highest BCUT2D eigenvalue weighted by molar-refractivity contribution is 9.11. The third-order valence-electron chi connectivity index (χ3n) is 8.00. The number of carbonyl (C=O) groups is 3. The monoisotopic (exact) mass is 899 g/mol. The molecular weight excluding hydrogens is 859 g/mol. The molecule has 3 atom stereocenters. The van der Waals surface area contributed by atoms with Gasteiger partial charge in [-0.05, 0) is 64.2 Å². The number of esters is 1. The Kier molecular flexibility index (Phi) is 20.0. The molecule has 1 fully saturated rings. The number of cyclic esters (lactones) is 1. The van der Waals surface area contributed by atoms with E-state index in [0.717, 1.165) is 27.4 Å². The summed E-state index contributed by atoms with van der Waals surface area (Å²) < 4.78 is 43.4. The van der Waals surface area contributed by atoms with E-state index in [-0.39, 0.29) is 17.6 Å². The Morgan fingerprint density at radius 3 is 1.64 bits per heavy atom. The summed E-state index contributed by atoms with van der Waals surface area (Å²) in [7, 11) is 0. The van der Waals surface area contributed by atoms with Crippen LogP contribution in [0.2, 0.25) is 0 Å². The third-order valence-corrected chi connectivity index (χ3v) is 9.85. The number of halogens is 5. The molecule has 1 aliphatic rings. The second-order valence-electron chi connectivity index (χ2n) is 12.0. The van der Waals surface area contributed by atoms with Gasteiger partial charge in [0, 0.05) is 30.3 Å². The first-order valence-electron chi connectivity index (χ1n) is 17.2. The highest BCUT2D eigenvalue weighted by Crippen LogP contribution is 2.27. The Morgan fingerprint density at radius 2 is 1.18 bits per heavy atom. The number of aliphatic carboxylic acids is 2. The van der Waals surface area contributed by atoms with Crippen LogP contribution in [0.4, 0.5) is 13.2 Å². The fraction of sp³-hybridized carbons (Fsp3) is 0.214. The number of carbonyl (C=O) groups excluding carboxylic acids is 1. The van der Waals surface area contributed by atoms with Crippen LogP contribution in [0.3, 0.4) is 0 Å². The number of rotatable bonds is 11. The summed E-state index contributed by atoms with van der Waals surface area (Å²) in [6.45, 7) is 2.17. The Hall–Kier alpha value is -4.86. The van der Waals surface area contributed by atoms with Crippen molar-refractivity contribution in [1.29, 1.82) is 0 Å². The molecule has 0 bridgehead atoms. The summed E-state index contributed by atoms with van der Waals surface area (Å²) in [5, 5.41) is 22.8. The van der Waals surface area contributed by atoms with Gasteiger partial charge in [-0.1, -0.05) is 129 Å². The molecule has 0 saturated carbocycles. The summed E-state index contributed by atoms with van der Waals surface area (Å²) >= 11 is 6.40. The van der Waals surface area contributed by atoms with E-state index < -0.39 is 35.9 Å². The van der Waals surface area contributed by atoms with Crippen molar-refractivity contribution in [1.82, 2.24) is 10.2 Å². The van der Waals surface area contributed by atoms with Gasteiger partial charge >= 0.3 is 17.9 Å². The van der Waals surface area contributed by atoms with Crippen LogP contribution in [0.5, 0.6) is 0 Å². The van der Waals surface area contributed by atoms with Crippen LogP contribution in [0.15, 0.2) is 133 Å². The summed E-state index contributed by atoms with van der Waals surface area (Å²) in [4.78, 5) is 35.8. The van der Waals surface area contributed by atoms with E-state index in [1.165, 1.54) is 60.7 Å². The van der Waals surface area contributed by atoms with Crippen molar-refractivity contribution < 1.29 is 42.5 Å². The smallest absolute Gasteiger partial charge is 0.328 e. The van der Waals surface area contributed by atoms with E-state index in [9.17, 15) is 32.7 Å². The minimum absolute atomic E-state index is 0.274. The van der Waals surface area contributed by atoms with Gasteiger partial charge in [-0.25, -0.2) is 18.0 Å². The van der Waals surface area contributed by atoms with Crippen molar-refractivity contribution in [2.24, 2.45) is 5.73 Å². The number of morpholine rings is 1. The molecule has 0 amide bonds. The Balaban J connectivity index is 0.000000222. The molecule has 14 heteroatoms. The lowest BCUT2D eigenvalue weighted by Crippen LogP contribution is -2.42. The standard InChI is InChI=1S/C17H16FNO2.C15H14FNO2.C8H8FNO2.C2H4Br2/c18-15-8-6-14(7-9-15)16-17(20)21-11-10-19(16)12-13-4-2-1-3-5-13;16-13-8-6-12(7-9-13)14(15(18)19)17-10-11-4-2-1-3-5-11;9-6-3-1-5(2-4-6)7(10)8(11)12;3-1-2-4/h1-9,16H,10-12H2;1-9,14,17H,10H2,(H,18,19);1-4,7H,10H2,(H,11,12);1-2H2/t16-;14-;7-;/m000./s1. The zero-order valence-corrected chi connectivity index (χ0v) is 33.3. The molecule has 1 heterocycles. The maximum atomic E-state index is 13.1. The van der Waals surface area contributed by atoms with Crippen molar-refractivity contribution in [3.05, 3.63) is 179 Å². The van der Waals surface area contributed by atoms with E-state index in [1.807, 2.05) is 60.7 Å². The lowest BCUT2D eigenvalue weighted by Gasteiger charge is -2.34. The molecule has 1 saturated heterocycles. The molecule has 6 rings (SSSR count). The Bertz CT molecular complexity index is 1910. The van der Waals surface area contributed by atoms with Gasteiger partial charge in [0.1, 0.15) is 42.2 Å². The van der Waals surface area contributed by atoms with Crippen molar-refractivity contribution in [2.75, 3.05) is 23.8 Å². The molecule has 9 nitrogen and oxygen atoms in total. The van der Waals surface area contributed by atoms with Crippen LogP contribution in [0.25, 0.3) is 0 Å². The number of hydrogen-bond acceptors (Lipinski definition) is 7. The first kappa shape index (κ1) is 45.5. The summed E-state index contributed by atoms with van der Waals surface area (Å²) in [6, 6.07) is 33.7. The van der Waals surface area contributed by atoms with Crippen LogP contribution in [0.1, 0.15) is 45.9 Å². The van der Waals surface area contributed by atoms with E-state index >= 15 is 0 Å². The lowest BCUT2D eigenvalue weighted by atomic mass is 10.0. The van der Waals surface area contributed by atoms with Gasteiger partial charge in [0.05, 0.1) is 0 Å². The summed E-state index contributed by atoms with van der Waals surface area (Å²) in [6.07, 6.45) is 0. The number of ether oxygens (including phenoxy) is 1. The number of nitrogens with one attached hydrogen (secondary N) is 1. The molecule has 56 heavy (non-hydrogen) atoms. The fourth-order valence-electron chi connectivity index (χ4n) is 5.23. The summed E-state index contributed by atoms with van der Waals surface area (Å²) in [5.74, 6) is -3.47. The topological polar surface area (TPSA) is 142 Å². The average Bonchev–Trinajstić information content (AvgIpc) is 3.20. The maximum Gasteiger partial charge on any atom is 0.328 e. The molecule has 0 unspecified atom stereocenters. The minimum atomic E-state index is -1.12. The van der Waals surface area contributed by atoms with Crippen molar-refractivity contribution >= 4 is 49.8 Å². The second-order valence-corrected chi connectivity index (χ2v) is 13.6. The highest BCUT2D eigenvalue weighted by atomic mass is 79.9. The van der Waals surface area contributed by atoms with Crippen LogP contribution in [0, 0.1) is 17.5 Å². The minimum Gasteiger partial charge on any atom is -0.480 e. The van der Waals surface area contributed by atoms with E-state index in [4.69, 9.17) is 15.6 Å². The molecule has 5 N–H and O–H groups in total. The zero-order chi connectivity index (χ0) is 40.9. The van der Waals surface area contributed by atoms with Gasteiger partial charge in [-0.15, -0.1) is 0 Å². The predicted molar refractivity (Wildman–Crippen MR) is 216 cm³/mol. The van der Waals surface area contributed by atoms with Crippen LogP contribution in [-0.2, 0) is 32.2 Å². The highest BCUT2D eigenvalue weighted by Gasteiger charge is 2.33. The molecule has 5 aromatic carbocycles. The van der Waals surface area contributed by atoms with Crippen molar-refractivity contribution in [3.8, 4) is 0 Å². The van der Waals surface area contributed by atoms with Gasteiger partial charge in [0.25, 0.3) is 0 Å². The molecule has 0 spiro atoms. The number of carboxylic acids is 2. The predicted octanol–water partition coefficient (Wildman–Crippen LogP) is 8.35. The molecule has 0 aromatic heterocycles. The average molecular weight is 902 g/mol. The molecule has 0 radical (unpaired) electrons. The first-order valence-corrected chi connectivity index (χ1v) is 19.5. The lowest BCUT2D eigenvalue weighted by molar-refractivity contribution is -0.158. The second kappa shape index (κ2) is 24.6. The van der Waals surface area contributed by atoms with Crippen LogP contribution < -0.4 is 11.1 Å². The largest absolute Gasteiger partial charge is 0.480 e. The van der Waals surface area contributed by atoms with E-state index in [1.54, 1.807) is 12.1 Å². The quantitative estimate of drug-likeness (QED) is 0.0761. The fourth-order valence-corrected chi connectivity index (χ4v) is 5.23. The molecule has 5 aromatic rings. The number of hydrogen-bond donors (Lipinski definition) is 4. The van der Waals surface area contributed by atoms with Crippen LogP contribution in [-0.4, -0.2) is 56.8 Å². The van der Waals surface area contributed by atoms with Gasteiger partial charge in [-0.3, -0.25) is 19.8 Å². The number of alkyl halides is 2. The van der Waals surface area contributed by atoms with Gasteiger partial charge in [0.15, 0.2) is 0 Å².